The van der Waals surface area contributed by atoms with Crippen molar-refractivity contribution in [2.75, 3.05) is 6.61 Å². The van der Waals surface area contributed by atoms with Crippen LogP contribution >= 0.6 is 35.0 Å². The van der Waals surface area contributed by atoms with Crippen molar-refractivity contribution in [3.8, 4) is 0 Å². The molecule has 0 spiro atoms. The summed E-state index contributed by atoms with van der Waals surface area (Å²) < 4.78 is 1.71. The quantitative estimate of drug-likeness (QED) is 0.818. The van der Waals surface area contributed by atoms with Gasteiger partial charge in [0.25, 0.3) is 0 Å². The maximum atomic E-state index is 9.68. The zero-order chi connectivity index (χ0) is 16.3. The van der Waals surface area contributed by atoms with Crippen molar-refractivity contribution in [1.29, 1.82) is 0 Å². The first kappa shape index (κ1) is 17.6. The van der Waals surface area contributed by atoms with Crippen LogP contribution < -0.4 is 0 Å². The van der Waals surface area contributed by atoms with Crippen LogP contribution in [-0.2, 0) is 13.2 Å². The van der Waals surface area contributed by atoms with Gasteiger partial charge in [0.05, 0.1) is 12.3 Å². The smallest absolute Gasteiger partial charge is 0.121 e. The highest BCUT2D eigenvalue weighted by Crippen LogP contribution is 2.37. The summed E-state index contributed by atoms with van der Waals surface area (Å²) in [6, 6.07) is 5.32. The molecule has 7 heteroatoms. The summed E-state index contributed by atoms with van der Waals surface area (Å²) in [4.78, 5) is 5.45. The number of rotatable bonds is 6. The largest absolute Gasteiger partial charge is 0.396 e. The van der Waals surface area contributed by atoms with E-state index in [9.17, 15) is 5.11 Å². The summed E-state index contributed by atoms with van der Waals surface area (Å²) in [6.07, 6.45) is 0.400. The van der Waals surface area contributed by atoms with Crippen molar-refractivity contribution in [3.63, 3.8) is 0 Å². The van der Waals surface area contributed by atoms with Crippen LogP contribution in [0.15, 0.2) is 28.1 Å². The first-order valence-electron chi connectivity index (χ1n) is 6.91. The second-order valence-electron chi connectivity index (χ2n) is 5.12. The molecule has 0 aliphatic carbocycles. The fourth-order valence-electron chi connectivity index (χ4n) is 2.12. The van der Waals surface area contributed by atoms with E-state index in [0.29, 0.717) is 22.3 Å². The monoisotopic (exact) mass is 360 g/mol. The Morgan fingerprint density at radius 1 is 1.18 bits per heavy atom. The molecular formula is C15H18Cl2N2O2S. The number of benzene rings is 1. The van der Waals surface area contributed by atoms with Crippen molar-refractivity contribution < 1.29 is 10.2 Å². The third-order valence-corrected chi connectivity index (χ3v) is 4.63. The SMILES string of the molecule is CC(C)c1nc(CCO)n(CO)c1Sc1cc(Cl)cc(Cl)c1. The van der Waals surface area contributed by atoms with E-state index in [0.717, 1.165) is 15.6 Å². The van der Waals surface area contributed by atoms with Gasteiger partial charge >= 0.3 is 0 Å². The van der Waals surface area contributed by atoms with E-state index < -0.39 is 0 Å². The second kappa shape index (κ2) is 7.70. The number of halogens is 2. The highest BCUT2D eigenvalue weighted by Gasteiger charge is 2.20. The van der Waals surface area contributed by atoms with Gasteiger partial charge in [-0.25, -0.2) is 4.98 Å². The number of nitrogens with zero attached hydrogens (tertiary/aromatic N) is 2. The summed E-state index contributed by atoms with van der Waals surface area (Å²) >= 11 is 13.5. The van der Waals surface area contributed by atoms with Crippen molar-refractivity contribution in [2.24, 2.45) is 0 Å². The molecule has 2 N–H and O–H groups in total. The first-order valence-corrected chi connectivity index (χ1v) is 8.48. The molecule has 22 heavy (non-hydrogen) atoms. The lowest BCUT2D eigenvalue weighted by molar-refractivity contribution is 0.193. The van der Waals surface area contributed by atoms with Crippen LogP contribution in [-0.4, -0.2) is 26.4 Å². The Labute approximate surface area is 144 Å². The molecule has 2 aromatic rings. The van der Waals surface area contributed by atoms with Gasteiger partial charge in [0, 0.05) is 21.4 Å². The van der Waals surface area contributed by atoms with Gasteiger partial charge in [-0.2, -0.15) is 0 Å². The molecule has 0 radical (unpaired) electrons. The fraction of sp³-hybridized carbons (Fsp3) is 0.400. The van der Waals surface area contributed by atoms with Crippen LogP contribution in [0.3, 0.4) is 0 Å². The number of aromatic nitrogens is 2. The topological polar surface area (TPSA) is 58.3 Å². The lowest BCUT2D eigenvalue weighted by atomic mass is 10.1. The number of aliphatic hydroxyl groups excluding tert-OH is 2. The molecule has 120 valence electrons. The zero-order valence-corrected chi connectivity index (χ0v) is 14.7. The molecule has 0 unspecified atom stereocenters. The Balaban J connectivity index is 2.47. The van der Waals surface area contributed by atoms with Gasteiger partial charge in [-0.3, -0.25) is 4.57 Å². The average Bonchev–Trinajstić information content (AvgIpc) is 2.76. The fourth-order valence-corrected chi connectivity index (χ4v) is 4.03. The van der Waals surface area contributed by atoms with Crippen LogP contribution in [0.4, 0.5) is 0 Å². The molecule has 0 fully saturated rings. The van der Waals surface area contributed by atoms with E-state index in [1.165, 1.54) is 11.8 Å². The number of aliphatic hydroxyl groups is 2. The summed E-state index contributed by atoms with van der Waals surface area (Å²) in [5.41, 5.74) is 0.888. The Bertz CT molecular complexity index is 639. The van der Waals surface area contributed by atoms with Crippen LogP contribution in [0.2, 0.25) is 10.0 Å². The molecule has 0 atom stereocenters. The molecule has 1 heterocycles. The van der Waals surface area contributed by atoms with E-state index in [4.69, 9.17) is 28.3 Å². The number of hydrogen-bond donors (Lipinski definition) is 2. The van der Waals surface area contributed by atoms with E-state index >= 15 is 0 Å². The van der Waals surface area contributed by atoms with Crippen molar-refractivity contribution >= 4 is 35.0 Å². The van der Waals surface area contributed by atoms with Crippen molar-refractivity contribution in [3.05, 3.63) is 39.8 Å². The van der Waals surface area contributed by atoms with E-state index in [-0.39, 0.29) is 19.3 Å². The minimum Gasteiger partial charge on any atom is -0.396 e. The summed E-state index contributed by atoms with van der Waals surface area (Å²) in [7, 11) is 0. The molecule has 0 saturated carbocycles. The van der Waals surface area contributed by atoms with Crippen LogP contribution in [0.5, 0.6) is 0 Å². The van der Waals surface area contributed by atoms with Gasteiger partial charge in [0.2, 0.25) is 0 Å². The molecular weight excluding hydrogens is 343 g/mol. The highest BCUT2D eigenvalue weighted by atomic mass is 35.5. The number of imidazole rings is 1. The molecule has 0 saturated heterocycles. The van der Waals surface area contributed by atoms with E-state index in [1.54, 1.807) is 10.6 Å². The van der Waals surface area contributed by atoms with Gasteiger partial charge < -0.3 is 10.2 Å². The van der Waals surface area contributed by atoms with Gasteiger partial charge in [0.15, 0.2) is 0 Å². The molecule has 1 aromatic carbocycles. The lowest BCUT2D eigenvalue weighted by Crippen LogP contribution is -2.06. The average molecular weight is 361 g/mol. The van der Waals surface area contributed by atoms with Gasteiger partial charge in [-0.15, -0.1) is 0 Å². The minimum atomic E-state index is -0.189. The van der Waals surface area contributed by atoms with Crippen LogP contribution in [0.1, 0.15) is 31.3 Å². The van der Waals surface area contributed by atoms with Crippen molar-refractivity contribution in [1.82, 2.24) is 9.55 Å². The molecule has 4 nitrogen and oxygen atoms in total. The predicted molar refractivity (Wildman–Crippen MR) is 89.9 cm³/mol. The molecule has 1 aromatic heterocycles. The third kappa shape index (κ3) is 3.97. The van der Waals surface area contributed by atoms with Crippen LogP contribution in [0, 0.1) is 0 Å². The predicted octanol–water partition coefficient (Wildman–Crippen LogP) is 3.95. The lowest BCUT2D eigenvalue weighted by Gasteiger charge is -2.11. The molecule has 0 bridgehead atoms. The molecule has 2 rings (SSSR count). The maximum Gasteiger partial charge on any atom is 0.121 e. The van der Waals surface area contributed by atoms with Crippen molar-refractivity contribution in [2.45, 2.75) is 42.8 Å². The normalized spacial score (nSPS) is 11.4. The Morgan fingerprint density at radius 2 is 1.82 bits per heavy atom. The van der Waals surface area contributed by atoms with Gasteiger partial charge in [-0.05, 0) is 24.1 Å². The van der Waals surface area contributed by atoms with E-state index in [1.807, 2.05) is 26.0 Å². The summed E-state index contributed by atoms with van der Waals surface area (Å²) in [5.74, 6) is 0.867. The Morgan fingerprint density at radius 3 is 2.32 bits per heavy atom. The minimum absolute atomic E-state index is 0.0123. The Kier molecular flexibility index (Phi) is 6.17. The Hall–Kier alpha value is -0.720. The molecule has 0 aliphatic rings. The second-order valence-corrected chi connectivity index (χ2v) is 7.06. The summed E-state index contributed by atoms with van der Waals surface area (Å²) in [6.45, 7) is 3.89. The van der Waals surface area contributed by atoms with Crippen LogP contribution in [0.25, 0.3) is 0 Å². The zero-order valence-electron chi connectivity index (χ0n) is 12.4. The third-order valence-electron chi connectivity index (χ3n) is 3.10. The molecule has 0 aliphatic heterocycles. The first-order chi connectivity index (χ1) is 10.5. The highest BCUT2D eigenvalue weighted by molar-refractivity contribution is 7.99. The standard InChI is InChI=1S/C15H18Cl2N2O2S/c1-9(2)14-15(19(8-21)13(18-14)3-4-20)22-12-6-10(16)5-11(17)7-12/h5-7,9,20-21H,3-4,8H2,1-2H3. The maximum absolute atomic E-state index is 9.68. The van der Waals surface area contributed by atoms with E-state index in [2.05, 4.69) is 4.98 Å². The summed E-state index contributed by atoms with van der Waals surface area (Å²) in [5, 5.41) is 20.8. The van der Waals surface area contributed by atoms with Gasteiger partial charge in [-0.1, -0.05) is 48.8 Å². The number of hydrogen-bond acceptors (Lipinski definition) is 4. The van der Waals surface area contributed by atoms with Gasteiger partial charge in [0.1, 0.15) is 17.6 Å². The molecule has 0 amide bonds.